The highest BCUT2D eigenvalue weighted by Crippen LogP contribution is 2.18. The number of carbonyl (C=O) groups excluding carboxylic acids is 3. The molecule has 8 heteroatoms. The van der Waals surface area contributed by atoms with Gasteiger partial charge in [-0.25, -0.2) is 9.80 Å². The number of carboxylic acids is 1. The van der Waals surface area contributed by atoms with Gasteiger partial charge in [-0.05, 0) is 20.8 Å². The predicted molar refractivity (Wildman–Crippen MR) is 66.3 cm³/mol. The summed E-state index contributed by atoms with van der Waals surface area (Å²) in [6, 6.07) is 0. The molecule has 20 heavy (non-hydrogen) atoms. The van der Waals surface area contributed by atoms with Crippen LogP contribution in [0.4, 0.5) is 4.79 Å². The molecule has 1 fully saturated rings. The second-order valence-corrected chi connectivity index (χ2v) is 5.35. The van der Waals surface area contributed by atoms with Crippen molar-refractivity contribution < 1.29 is 29.0 Å². The average molecular weight is 286 g/mol. The summed E-state index contributed by atoms with van der Waals surface area (Å²) in [7, 11) is 0. The van der Waals surface area contributed by atoms with Gasteiger partial charge in [0, 0.05) is 12.8 Å². The molecule has 0 aliphatic carbocycles. The summed E-state index contributed by atoms with van der Waals surface area (Å²) in [5.41, 5.74) is -0.815. The first-order valence-corrected chi connectivity index (χ1v) is 6.20. The van der Waals surface area contributed by atoms with Gasteiger partial charge in [-0.2, -0.15) is 5.01 Å². The average Bonchev–Trinajstić information content (AvgIpc) is 2.58. The van der Waals surface area contributed by atoms with E-state index in [2.05, 4.69) is 0 Å². The van der Waals surface area contributed by atoms with Gasteiger partial charge in [0.2, 0.25) is 11.8 Å². The minimum absolute atomic E-state index is 0.00516. The summed E-state index contributed by atoms with van der Waals surface area (Å²) in [6.45, 7) is 4.59. The fourth-order valence-electron chi connectivity index (χ4n) is 1.62. The molecule has 0 bridgehead atoms. The SMILES string of the molecule is CC(C)(C)OC(=O)N(CCC(=O)O)N1C(=O)CCC1=O. The van der Waals surface area contributed by atoms with E-state index in [1.54, 1.807) is 20.8 Å². The third kappa shape index (κ3) is 4.22. The molecule has 0 aromatic rings. The molecule has 1 saturated heterocycles. The standard InChI is InChI=1S/C12H18N2O6/c1-12(2,3)20-11(19)13(7-6-10(17)18)14-8(15)4-5-9(14)16/h4-7H2,1-3H3,(H,17,18). The van der Waals surface area contributed by atoms with Crippen LogP contribution in [0.3, 0.4) is 0 Å². The predicted octanol–water partition coefficient (Wildman–Crippen LogP) is 0.762. The van der Waals surface area contributed by atoms with E-state index >= 15 is 0 Å². The quantitative estimate of drug-likeness (QED) is 0.765. The van der Waals surface area contributed by atoms with Crippen LogP contribution in [-0.2, 0) is 19.1 Å². The van der Waals surface area contributed by atoms with Crippen LogP contribution in [0.1, 0.15) is 40.0 Å². The van der Waals surface area contributed by atoms with Crippen LogP contribution in [0.5, 0.6) is 0 Å². The maximum absolute atomic E-state index is 12.0. The number of hydrogen-bond donors (Lipinski definition) is 1. The van der Waals surface area contributed by atoms with E-state index < -0.39 is 35.9 Å². The number of nitrogens with zero attached hydrogens (tertiary/aromatic N) is 2. The van der Waals surface area contributed by atoms with E-state index in [9.17, 15) is 19.2 Å². The molecule has 1 rings (SSSR count). The van der Waals surface area contributed by atoms with Crippen molar-refractivity contribution in [1.82, 2.24) is 10.0 Å². The minimum Gasteiger partial charge on any atom is -0.481 e. The molecule has 0 saturated carbocycles. The van der Waals surface area contributed by atoms with E-state index in [0.29, 0.717) is 5.01 Å². The number of carboxylic acid groups (broad SMARTS) is 1. The summed E-state index contributed by atoms with van der Waals surface area (Å²) in [5, 5.41) is 10.1. The first kappa shape index (κ1) is 15.9. The van der Waals surface area contributed by atoms with Gasteiger partial charge in [-0.3, -0.25) is 14.4 Å². The number of aliphatic carboxylic acids is 1. The molecule has 1 aliphatic heterocycles. The van der Waals surface area contributed by atoms with Gasteiger partial charge in [0.25, 0.3) is 0 Å². The van der Waals surface area contributed by atoms with Gasteiger partial charge in [0.15, 0.2) is 0 Å². The molecule has 1 N–H and O–H groups in total. The molecule has 0 radical (unpaired) electrons. The van der Waals surface area contributed by atoms with Gasteiger partial charge in [-0.1, -0.05) is 0 Å². The van der Waals surface area contributed by atoms with Gasteiger partial charge in [0.1, 0.15) is 5.60 Å². The fourth-order valence-corrected chi connectivity index (χ4v) is 1.62. The second kappa shape index (κ2) is 5.89. The van der Waals surface area contributed by atoms with E-state index in [-0.39, 0.29) is 19.4 Å². The Bertz CT molecular complexity index is 424. The maximum Gasteiger partial charge on any atom is 0.429 e. The molecule has 0 spiro atoms. The van der Waals surface area contributed by atoms with E-state index in [4.69, 9.17) is 9.84 Å². The number of ether oxygens (including phenoxy) is 1. The Hall–Kier alpha value is -2.12. The van der Waals surface area contributed by atoms with Crippen LogP contribution in [0.25, 0.3) is 0 Å². The highest BCUT2D eigenvalue weighted by atomic mass is 16.6. The third-order valence-corrected chi connectivity index (χ3v) is 2.41. The Labute approximate surface area is 116 Å². The number of hydrazine groups is 1. The molecule has 0 atom stereocenters. The zero-order valence-electron chi connectivity index (χ0n) is 11.7. The smallest absolute Gasteiger partial charge is 0.429 e. The van der Waals surface area contributed by atoms with Crippen LogP contribution in [0, 0.1) is 0 Å². The zero-order valence-corrected chi connectivity index (χ0v) is 11.7. The molecule has 8 nitrogen and oxygen atoms in total. The lowest BCUT2D eigenvalue weighted by Crippen LogP contribution is -2.51. The molecule has 1 heterocycles. The Morgan fingerprint density at radius 2 is 1.75 bits per heavy atom. The second-order valence-electron chi connectivity index (χ2n) is 5.35. The number of carbonyl (C=O) groups is 4. The first-order chi connectivity index (χ1) is 9.11. The first-order valence-electron chi connectivity index (χ1n) is 6.20. The van der Waals surface area contributed by atoms with Crippen LogP contribution >= 0.6 is 0 Å². The largest absolute Gasteiger partial charge is 0.481 e. The fraction of sp³-hybridized carbons (Fsp3) is 0.667. The summed E-state index contributed by atoms with van der Waals surface area (Å²) in [4.78, 5) is 45.9. The monoisotopic (exact) mass is 286 g/mol. The summed E-state index contributed by atoms with van der Waals surface area (Å²) >= 11 is 0. The van der Waals surface area contributed by atoms with Crippen molar-refractivity contribution in [2.75, 3.05) is 6.54 Å². The highest BCUT2D eigenvalue weighted by molar-refractivity contribution is 6.02. The van der Waals surface area contributed by atoms with Crippen molar-refractivity contribution in [3.05, 3.63) is 0 Å². The summed E-state index contributed by atoms with van der Waals surface area (Å²) in [5.74, 6) is -2.21. The van der Waals surface area contributed by atoms with Crippen LogP contribution in [0.2, 0.25) is 0 Å². The summed E-state index contributed by atoms with van der Waals surface area (Å²) in [6.07, 6.45) is -1.30. The van der Waals surface area contributed by atoms with Crippen molar-refractivity contribution in [1.29, 1.82) is 0 Å². The number of amides is 3. The van der Waals surface area contributed by atoms with Crippen molar-refractivity contribution in [2.24, 2.45) is 0 Å². The molecule has 3 amide bonds. The molecule has 112 valence electrons. The van der Waals surface area contributed by atoms with Crippen molar-refractivity contribution in [3.63, 3.8) is 0 Å². The Kier molecular flexibility index (Phi) is 4.69. The Balaban J connectivity index is 2.89. The lowest BCUT2D eigenvalue weighted by atomic mass is 10.2. The lowest BCUT2D eigenvalue weighted by Gasteiger charge is -2.31. The lowest BCUT2D eigenvalue weighted by molar-refractivity contribution is -0.157. The van der Waals surface area contributed by atoms with Crippen LogP contribution in [0.15, 0.2) is 0 Å². The molecular formula is C12H18N2O6. The zero-order chi connectivity index (χ0) is 15.5. The topological polar surface area (TPSA) is 104 Å². The van der Waals surface area contributed by atoms with Gasteiger partial charge in [0.05, 0.1) is 13.0 Å². The Morgan fingerprint density at radius 1 is 1.25 bits per heavy atom. The minimum atomic E-state index is -1.14. The highest BCUT2D eigenvalue weighted by Gasteiger charge is 2.38. The van der Waals surface area contributed by atoms with Crippen molar-refractivity contribution in [2.45, 2.75) is 45.6 Å². The van der Waals surface area contributed by atoms with Gasteiger partial charge < -0.3 is 9.84 Å². The number of hydrogen-bond acceptors (Lipinski definition) is 5. The number of imide groups is 1. The molecule has 1 aliphatic rings. The van der Waals surface area contributed by atoms with Crippen molar-refractivity contribution in [3.8, 4) is 0 Å². The van der Waals surface area contributed by atoms with E-state index in [1.165, 1.54) is 0 Å². The van der Waals surface area contributed by atoms with Crippen LogP contribution < -0.4 is 0 Å². The maximum atomic E-state index is 12.0. The van der Waals surface area contributed by atoms with Gasteiger partial charge in [-0.15, -0.1) is 0 Å². The molecular weight excluding hydrogens is 268 g/mol. The number of rotatable bonds is 4. The molecule has 0 aromatic carbocycles. The van der Waals surface area contributed by atoms with E-state index in [1.807, 2.05) is 0 Å². The molecule has 0 unspecified atom stereocenters. The van der Waals surface area contributed by atoms with Crippen LogP contribution in [-0.4, -0.2) is 51.1 Å². The molecule has 0 aromatic heterocycles. The summed E-state index contributed by atoms with van der Waals surface area (Å²) < 4.78 is 5.09. The Morgan fingerprint density at radius 3 is 2.15 bits per heavy atom. The normalized spacial score (nSPS) is 15.4. The third-order valence-electron chi connectivity index (χ3n) is 2.41. The van der Waals surface area contributed by atoms with Gasteiger partial charge >= 0.3 is 12.1 Å². The van der Waals surface area contributed by atoms with E-state index in [0.717, 1.165) is 5.01 Å². The van der Waals surface area contributed by atoms with Crippen molar-refractivity contribution >= 4 is 23.9 Å².